The number of aromatic nitrogens is 2. The van der Waals surface area contributed by atoms with Crippen molar-refractivity contribution in [1.29, 1.82) is 0 Å². The molecular weight excluding hydrogens is 309 g/mol. The van der Waals surface area contributed by atoms with Crippen molar-refractivity contribution in [2.45, 2.75) is 19.0 Å². The van der Waals surface area contributed by atoms with Crippen LogP contribution in [0.15, 0.2) is 36.4 Å². The van der Waals surface area contributed by atoms with Gasteiger partial charge < -0.3 is 10.6 Å². The van der Waals surface area contributed by atoms with Crippen molar-refractivity contribution >= 4 is 23.2 Å². The highest BCUT2D eigenvalue weighted by Crippen LogP contribution is 2.31. The van der Waals surface area contributed by atoms with Gasteiger partial charge in [0.25, 0.3) is 0 Å². The van der Waals surface area contributed by atoms with E-state index >= 15 is 0 Å². The Kier molecular flexibility index (Phi) is 3.89. The van der Waals surface area contributed by atoms with E-state index < -0.39 is 11.7 Å². The van der Waals surface area contributed by atoms with Crippen LogP contribution in [0.2, 0.25) is 0 Å². The molecule has 23 heavy (non-hydrogen) atoms. The first-order chi connectivity index (χ1) is 10.9. The third-order valence-corrected chi connectivity index (χ3v) is 3.35. The zero-order chi connectivity index (χ0) is 16.4. The molecule has 0 bridgehead atoms. The van der Waals surface area contributed by atoms with Crippen LogP contribution in [0.3, 0.4) is 0 Å². The molecule has 0 aliphatic heterocycles. The highest BCUT2D eigenvalue weighted by atomic mass is 19.4. The van der Waals surface area contributed by atoms with Crippen LogP contribution in [0.5, 0.6) is 0 Å². The first-order valence-electron chi connectivity index (χ1n) is 7.01. The topological polar surface area (TPSA) is 66.9 Å². The first-order valence-corrected chi connectivity index (χ1v) is 7.01. The lowest BCUT2D eigenvalue weighted by molar-refractivity contribution is -0.137. The van der Waals surface area contributed by atoms with Crippen molar-refractivity contribution in [3.05, 3.63) is 42.0 Å². The molecule has 1 fully saturated rings. The summed E-state index contributed by atoms with van der Waals surface area (Å²) in [6.45, 7) is 0. The number of anilines is 3. The number of nitrogens with one attached hydrogen (secondary N) is 2. The van der Waals surface area contributed by atoms with Crippen LogP contribution in [0.1, 0.15) is 18.4 Å². The Labute approximate surface area is 129 Å². The second-order valence-electron chi connectivity index (χ2n) is 5.27. The fraction of sp³-hybridized carbons (Fsp3) is 0.267. The SMILES string of the molecule is O=C(Nc1ccc(Nc2ccc(C(F)(F)F)cc2)nn1)C1CC1. The highest BCUT2D eigenvalue weighted by Gasteiger charge is 2.30. The van der Waals surface area contributed by atoms with Crippen LogP contribution in [-0.2, 0) is 11.0 Å². The van der Waals surface area contributed by atoms with Crippen LogP contribution in [0.25, 0.3) is 0 Å². The van der Waals surface area contributed by atoms with Crippen LogP contribution in [-0.4, -0.2) is 16.1 Å². The molecule has 0 unspecified atom stereocenters. The lowest BCUT2D eigenvalue weighted by Gasteiger charge is -2.09. The second-order valence-corrected chi connectivity index (χ2v) is 5.27. The molecule has 2 aromatic rings. The maximum Gasteiger partial charge on any atom is 0.416 e. The van der Waals surface area contributed by atoms with E-state index in [1.807, 2.05) is 0 Å². The molecule has 0 saturated heterocycles. The largest absolute Gasteiger partial charge is 0.416 e. The number of hydrogen-bond donors (Lipinski definition) is 2. The highest BCUT2D eigenvalue weighted by molar-refractivity contribution is 5.93. The first kappa shape index (κ1) is 15.3. The smallest absolute Gasteiger partial charge is 0.339 e. The van der Waals surface area contributed by atoms with Gasteiger partial charge >= 0.3 is 6.18 Å². The summed E-state index contributed by atoms with van der Waals surface area (Å²) < 4.78 is 37.4. The van der Waals surface area contributed by atoms with Gasteiger partial charge in [-0.25, -0.2) is 0 Å². The summed E-state index contributed by atoms with van der Waals surface area (Å²) >= 11 is 0. The molecule has 1 aliphatic carbocycles. The summed E-state index contributed by atoms with van der Waals surface area (Å²) in [4.78, 5) is 11.6. The average Bonchev–Trinajstić information content (AvgIpc) is 3.34. The standard InChI is InChI=1S/C15H13F3N4O/c16-15(17,18)10-3-5-11(6-4-10)19-12-7-8-13(22-21-12)20-14(23)9-1-2-9/h3-9H,1-2H2,(H,19,21)(H,20,22,23). The van der Waals surface area contributed by atoms with Gasteiger partial charge in [0.05, 0.1) is 5.56 Å². The van der Waals surface area contributed by atoms with Gasteiger partial charge in [-0.05, 0) is 49.2 Å². The molecule has 0 spiro atoms. The average molecular weight is 322 g/mol. The van der Waals surface area contributed by atoms with Crippen molar-refractivity contribution in [3.8, 4) is 0 Å². The van der Waals surface area contributed by atoms with E-state index in [0.717, 1.165) is 25.0 Å². The Bertz CT molecular complexity index is 694. The van der Waals surface area contributed by atoms with Gasteiger partial charge in [-0.2, -0.15) is 13.2 Å². The zero-order valence-electron chi connectivity index (χ0n) is 11.9. The maximum atomic E-state index is 12.5. The molecule has 1 aromatic heterocycles. The Hall–Kier alpha value is -2.64. The number of benzene rings is 1. The van der Waals surface area contributed by atoms with E-state index in [1.165, 1.54) is 12.1 Å². The van der Waals surface area contributed by atoms with Crippen molar-refractivity contribution in [3.63, 3.8) is 0 Å². The molecule has 3 rings (SSSR count). The van der Waals surface area contributed by atoms with Gasteiger partial charge in [0.2, 0.25) is 5.91 Å². The predicted molar refractivity (Wildman–Crippen MR) is 78.1 cm³/mol. The number of nitrogens with zero attached hydrogens (tertiary/aromatic N) is 2. The molecule has 2 N–H and O–H groups in total. The van der Waals surface area contributed by atoms with Crippen molar-refractivity contribution in [2.75, 3.05) is 10.6 Å². The molecule has 120 valence electrons. The van der Waals surface area contributed by atoms with Gasteiger partial charge in [0.15, 0.2) is 11.6 Å². The van der Waals surface area contributed by atoms with Crippen molar-refractivity contribution < 1.29 is 18.0 Å². The van der Waals surface area contributed by atoms with Gasteiger partial charge in [-0.1, -0.05) is 0 Å². The van der Waals surface area contributed by atoms with E-state index in [4.69, 9.17) is 0 Å². The van der Waals surface area contributed by atoms with E-state index in [2.05, 4.69) is 20.8 Å². The van der Waals surface area contributed by atoms with E-state index in [0.29, 0.717) is 17.3 Å². The fourth-order valence-electron chi connectivity index (χ4n) is 1.93. The lowest BCUT2D eigenvalue weighted by atomic mass is 10.2. The van der Waals surface area contributed by atoms with E-state index in [-0.39, 0.29) is 11.8 Å². The van der Waals surface area contributed by atoms with Crippen LogP contribution in [0, 0.1) is 5.92 Å². The fourth-order valence-corrected chi connectivity index (χ4v) is 1.93. The molecular formula is C15H13F3N4O. The molecule has 5 nitrogen and oxygen atoms in total. The van der Waals surface area contributed by atoms with E-state index in [9.17, 15) is 18.0 Å². The molecule has 8 heteroatoms. The number of carbonyl (C=O) groups is 1. The summed E-state index contributed by atoms with van der Waals surface area (Å²) in [6, 6.07) is 7.77. The second kappa shape index (κ2) is 5.86. The molecule has 1 amide bonds. The number of halogens is 3. The molecule has 1 saturated carbocycles. The molecule has 1 heterocycles. The summed E-state index contributed by atoms with van der Waals surface area (Å²) in [5.74, 6) is 0.721. The minimum absolute atomic E-state index is 0.0669. The predicted octanol–water partition coefficient (Wildman–Crippen LogP) is 3.59. The summed E-state index contributed by atoms with van der Waals surface area (Å²) in [5, 5.41) is 13.2. The third-order valence-electron chi connectivity index (χ3n) is 3.35. The lowest BCUT2D eigenvalue weighted by Crippen LogP contribution is -2.14. The Balaban J connectivity index is 1.62. The summed E-state index contributed by atoms with van der Waals surface area (Å²) in [7, 11) is 0. The minimum Gasteiger partial charge on any atom is -0.339 e. The molecule has 0 atom stereocenters. The Morgan fingerprint density at radius 1 is 1.00 bits per heavy atom. The number of alkyl halides is 3. The Morgan fingerprint density at radius 3 is 2.13 bits per heavy atom. The maximum absolute atomic E-state index is 12.5. The van der Waals surface area contributed by atoms with Crippen LogP contribution < -0.4 is 10.6 Å². The molecule has 1 aromatic carbocycles. The van der Waals surface area contributed by atoms with Gasteiger partial charge in [0.1, 0.15) is 0 Å². The van der Waals surface area contributed by atoms with Crippen molar-refractivity contribution in [2.24, 2.45) is 5.92 Å². The zero-order valence-corrected chi connectivity index (χ0v) is 11.9. The minimum atomic E-state index is -4.36. The monoisotopic (exact) mass is 322 g/mol. The molecule has 0 radical (unpaired) electrons. The van der Waals surface area contributed by atoms with Gasteiger partial charge in [0, 0.05) is 11.6 Å². The number of rotatable bonds is 4. The Morgan fingerprint density at radius 2 is 1.61 bits per heavy atom. The van der Waals surface area contributed by atoms with Crippen LogP contribution in [0.4, 0.5) is 30.5 Å². The number of carbonyl (C=O) groups excluding carboxylic acids is 1. The number of amides is 1. The third kappa shape index (κ3) is 3.97. The van der Waals surface area contributed by atoms with Gasteiger partial charge in [-0.15, -0.1) is 10.2 Å². The van der Waals surface area contributed by atoms with Crippen LogP contribution >= 0.6 is 0 Å². The summed E-state index contributed by atoms with van der Waals surface area (Å²) in [5.41, 5.74) is -0.255. The molecule has 1 aliphatic rings. The quantitative estimate of drug-likeness (QED) is 0.903. The normalized spacial score (nSPS) is 14.4. The summed E-state index contributed by atoms with van der Waals surface area (Å²) in [6.07, 6.45) is -2.57. The van der Waals surface area contributed by atoms with Crippen molar-refractivity contribution in [1.82, 2.24) is 10.2 Å². The number of hydrogen-bond acceptors (Lipinski definition) is 4. The van der Waals surface area contributed by atoms with Gasteiger partial charge in [-0.3, -0.25) is 4.79 Å². The van der Waals surface area contributed by atoms with E-state index in [1.54, 1.807) is 12.1 Å².